The molecule has 22 heteroatoms. The molecule has 0 saturated carbocycles. The minimum Gasteiger partial charge on any atom is -0.463 e. The zero-order valence-electron chi connectivity index (χ0n) is 40.0. The molecule has 5 aromatic rings. The van der Waals surface area contributed by atoms with Crippen LogP contribution in [0.15, 0.2) is 60.8 Å². The first-order chi connectivity index (χ1) is 33.9. The van der Waals surface area contributed by atoms with Crippen LogP contribution >= 0.6 is 0 Å². The van der Waals surface area contributed by atoms with Crippen molar-refractivity contribution in [1.82, 2.24) is 20.3 Å². The average Bonchev–Trinajstić information content (AvgIpc) is 3.78. The third-order valence-electron chi connectivity index (χ3n) is 11.7. The Bertz CT molecular complexity index is 2780. The number of amides is 1. The summed E-state index contributed by atoms with van der Waals surface area (Å²) < 4.78 is 58.7. The van der Waals surface area contributed by atoms with Gasteiger partial charge in [0.1, 0.15) is 37.2 Å². The summed E-state index contributed by atoms with van der Waals surface area (Å²) in [6, 6.07) is 19.0. The van der Waals surface area contributed by atoms with Crippen LogP contribution in [0.1, 0.15) is 78.8 Å². The van der Waals surface area contributed by atoms with E-state index >= 15 is 0 Å². The second-order valence-electron chi connectivity index (χ2n) is 17.1. The molecule has 22 nitrogen and oxygen atoms in total. The van der Waals surface area contributed by atoms with Crippen molar-refractivity contribution in [3.8, 4) is 0 Å². The van der Waals surface area contributed by atoms with Crippen molar-refractivity contribution in [3.05, 3.63) is 72.1 Å². The fourth-order valence-electron chi connectivity index (χ4n) is 8.95. The molecular formula is C49H54N4O18. The van der Waals surface area contributed by atoms with E-state index in [1.165, 1.54) is 27.7 Å². The van der Waals surface area contributed by atoms with Crippen LogP contribution in [0.5, 0.6) is 0 Å². The number of hydrogen-bond donors (Lipinski definition) is 1. The molecular weight excluding hydrogens is 933 g/mol. The van der Waals surface area contributed by atoms with E-state index in [1.807, 2.05) is 6.07 Å². The Morgan fingerprint density at radius 3 is 1.70 bits per heavy atom. The molecule has 0 unspecified atom stereocenters. The van der Waals surface area contributed by atoms with Crippen LogP contribution in [0.4, 0.5) is 0 Å². The topological polar surface area (TPSA) is 272 Å². The summed E-state index contributed by atoms with van der Waals surface area (Å²) in [6.45, 7) is 6.20. The number of ether oxygens (including phenoxy) is 10. The number of nitrogens with one attached hydrogen (secondary N) is 1. The van der Waals surface area contributed by atoms with Crippen LogP contribution in [0, 0.1) is 0 Å². The number of benzene rings is 4. The predicted octanol–water partition coefficient (Wildman–Crippen LogP) is 3.61. The summed E-state index contributed by atoms with van der Waals surface area (Å²) in [5, 5.41) is 18.3. The van der Waals surface area contributed by atoms with Gasteiger partial charge < -0.3 is 52.7 Å². The van der Waals surface area contributed by atoms with Crippen molar-refractivity contribution in [3.63, 3.8) is 0 Å². The van der Waals surface area contributed by atoms with Gasteiger partial charge >= 0.3 is 41.8 Å². The maximum atomic E-state index is 13.2. The molecule has 4 aromatic carbocycles. The predicted molar refractivity (Wildman–Crippen MR) is 243 cm³/mol. The van der Waals surface area contributed by atoms with E-state index < -0.39 is 116 Å². The Morgan fingerprint density at radius 1 is 0.577 bits per heavy atom. The summed E-state index contributed by atoms with van der Waals surface area (Å²) >= 11 is 0. The second kappa shape index (κ2) is 22.6. The lowest BCUT2D eigenvalue weighted by Gasteiger charge is -2.48. The Balaban J connectivity index is 1.11. The number of esters is 7. The largest absolute Gasteiger partial charge is 0.463 e. The van der Waals surface area contributed by atoms with Crippen molar-refractivity contribution >= 4 is 80.0 Å². The SMILES string of the molecule is CC(=O)OC[C@H]1O[C@@H](O[C@H]2[C@H](OC(C)=O)[C@@H](OC(C)=O)[C@H](n3cc(CNC(=O)CCCc4ccc5ccc6cccc7ccc4c5c67)nn3)O[C@@H]2COC(C)=O)[C@H](OC(C)=O)[C@@H](OC(C)=O)[C@H]1OC(C)=O. The minimum atomic E-state index is -1.85. The number of rotatable bonds is 18. The molecule has 2 aliphatic heterocycles. The summed E-state index contributed by atoms with van der Waals surface area (Å²) in [4.78, 5) is 101. The molecule has 3 heterocycles. The van der Waals surface area contributed by atoms with Gasteiger partial charge in [0.2, 0.25) is 5.91 Å². The first-order valence-electron chi connectivity index (χ1n) is 22.8. The fourth-order valence-corrected chi connectivity index (χ4v) is 8.95. The monoisotopic (exact) mass is 986 g/mol. The van der Waals surface area contributed by atoms with E-state index in [0.29, 0.717) is 12.8 Å². The average molecular weight is 987 g/mol. The molecule has 0 bridgehead atoms. The van der Waals surface area contributed by atoms with E-state index in [2.05, 4.69) is 64.2 Å². The van der Waals surface area contributed by atoms with Crippen molar-refractivity contribution in [2.75, 3.05) is 13.2 Å². The fraction of sp³-hybridized carbons (Fsp3) is 0.469. The lowest BCUT2D eigenvalue weighted by atomic mass is 9.90. The molecule has 378 valence electrons. The molecule has 0 radical (unpaired) electrons. The normalized spacial score (nSPS) is 24.2. The van der Waals surface area contributed by atoms with Crippen LogP contribution in [-0.4, -0.2) is 131 Å². The molecule has 71 heavy (non-hydrogen) atoms. The van der Waals surface area contributed by atoms with Crippen LogP contribution in [0.25, 0.3) is 32.3 Å². The molecule has 1 amide bonds. The van der Waals surface area contributed by atoms with Crippen LogP contribution in [0.2, 0.25) is 0 Å². The maximum absolute atomic E-state index is 13.2. The Morgan fingerprint density at radius 2 is 1.10 bits per heavy atom. The second-order valence-corrected chi connectivity index (χ2v) is 17.1. The summed E-state index contributed by atoms with van der Waals surface area (Å²) in [5.41, 5.74) is 1.39. The molecule has 1 aromatic heterocycles. The van der Waals surface area contributed by atoms with Gasteiger partial charge in [-0.25, -0.2) is 4.68 Å². The molecule has 10 atom stereocenters. The van der Waals surface area contributed by atoms with Gasteiger partial charge in [-0.15, -0.1) is 5.10 Å². The Hall–Kier alpha value is -7.30. The van der Waals surface area contributed by atoms with Gasteiger partial charge in [0.05, 0.1) is 12.7 Å². The van der Waals surface area contributed by atoms with Crippen LogP contribution in [0.3, 0.4) is 0 Å². The van der Waals surface area contributed by atoms with Gasteiger partial charge in [0, 0.05) is 54.9 Å². The van der Waals surface area contributed by atoms with Gasteiger partial charge in [-0.3, -0.25) is 38.4 Å². The highest BCUT2D eigenvalue weighted by molar-refractivity contribution is 6.23. The number of nitrogens with zero attached hydrogens (tertiary/aromatic N) is 3. The maximum Gasteiger partial charge on any atom is 0.303 e. The number of carbonyl (C=O) groups is 8. The molecule has 1 N–H and O–H groups in total. The van der Waals surface area contributed by atoms with Crippen molar-refractivity contribution < 1.29 is 85.7 Å². The van der Waals surface area contributed by atoms with E-state index in [9.17, 15) is 38.4 Å². The van der Waals surface area contributed by atoms with Crippen molar-refractivity contribution in [2.45, 2.75) is 136 Å². The highest BCUT2D eigenvalue weighted by Gasteiger charge is 2.58. The smallest absolute Gasteiger partial charge is 0.303 e. The Labute approximate surface area is 406 Å². The standard InChI is InChI=1S/C49H54N4O18/c1-24(54)62-22-37-43(71-49-47(68-30(7)60)45(66-28(5)58)42(64-26(3)56)38(70-49)23-63-25(2)55)44(65-27(4)57)46(67-29(6)59)48(69-37)53-21-35(51-52-53)20-50-39(61)13-9-10-31-14-15-34-17-16-32-11-8-12-33-18-19-36(31)41(34)40(32)33/h8,11-12,14-19,21,37-38,42-49H,9-10,13,20,22-23H2,1-7H3,(H,50,61)/t37-,38-,42+,43-,44+,45+,46-,47-,48-,49+/m1/s1. The van der Waals surface area contributed by atoms with Gasteiger partial charge in [-0.05, 0) is 50.7 Å². The summed E-state index contributed by atoms with van der Waals surface area (Å²) in [5.74, 6) is -6.29. The van der Waals surface area contributed by atoms with Gasteiger partial charge in [0.25, 0.3) is 0 Å². The summed E-state index contributed by atoms with van der Waals surface area (Å²) in [7, 11) is 0. The third-order valence-corrected chi connectivity index (χ3v) is 11.7. The molecule has 2 fully saturated rings. The number of aryl methyl sites for hydroxylation is 1. The first-order valence-corrected chi connectivity index (χ1v) is 22.8. The van der Waals surface area contributed by atoms with Crippen molar-refractivity contribution in [2.24, 2.45) is 0 Å². The van der Waals surface area contributed by atoms with Crippen molar-refractivity contribution in [1.29, 1.82) is 0 Å². The van der Waals surface area contributed by atoms with E-state index in [-0.39, 0.29) is 24.6 Å². The number of aromatic nitrogens is 3. The lowest BCUT2D eigenvalue weighted by Crippen LogP contribution is -2.66. The molecule has 7 rings (SSSR count). The van der Waals surface area contributed by atoms with Gasteiger partial charge in [-0.2, -0.15) is 0 Å². The lowest BCUT2D eigenvalue weighted by molar-refractivity contribution is -0.349. The molecule has 2 aliphatic rings. The quantitative estimate of drug-likeness (QED) is 0.0746. The van der Waals surface area contributed by atoms with E-state index in [0.717, 1.165) is 69.5 Å². The zero-order chi connectivity index (χ0) is 51.1. The third kappa shape index (κ3) is 12.5. The van der Waals surface area contributed by atoms with E-state index in [1.54, 1.807) is 0 Å². The Kier molecular flexibility index (Phi) is 16.4. The minimum absolute atomic E-state index is 0.0681. The number of hydrogen-bond acceptors (Lipinski definition) is 20. The zero-order valence-corrected chi connectivity index (χ0v) is 40.0. The van der Waals surface area contributed by atoms with E-state index in [4.69, 9.17) is 47.4 Å². The molecule has 0 spiro atoms. The highest BCUT2D eigenvalue weighted by atomic mass is 16.8. The van der Waals surface area contributed by atoms with Crippen LogP contribution in [-0.2, 0) is 98.7 Å². The highest BCUT2D eigenvalue weighted by Crippen LogP contribution is 2.39. The molecule has 0 aliphatic carbocycles. The number of carbonyl (C=O) groups excluding carboxylic acids is 8. The van der Waals surface area contributed by atoms with Gasteiger partial charge in [-0.1, -0.05) is 59.8 Å². The van der Waals surface area contributed by atoms with Gasteiger partial charge in [0.15, 0.2) is 43.0 Å². The first kappa shape index (κ1) is 51.5. The molecule has 2 saturated heterocycles. The van der Waals surface area contributed by atoms with Crippen LogP contribution < -0.4 is 5.32 Å². The summed E-state index contributed by atoms with van der Waals surface area (Å²) in [6.07, 6.45) is -13.3.